The molecule has 4 heteroatoms. The van der Waals surface area contributed by atoms with Crippen LogP contribution in [0.25, 0.3) is 0 Å². The summed E-state index contributed by atoms with van der Waals surface area (Å²) in [4.78, 5) is 6.60. The topological polar surface area (TPSA) is 42.2 Å². The van der Waals surface area contributed by atoms with Gasteiger partial charge in [0.2, 0.25) is 0 Å². The van der Waals surface area contributed by atoms with Crippen LogP contribution in [0.5, 0.6) is 0 Å². The Morgan fingerprint density at radius 2 is 2.20 bits per heavy atom. The molecule has 0 fully saturated rings. The van der Waals surface area contributed by atoms with Crippen molar-refractivity contribution in [2.75, 3.05) is 17.2 Å². The summed E-state index contributed by atoms with van der Waals surface area (Å²) in [6, 6.07) is 2.36. The lowest BCUT2D eigenvalue weighted by Gasteiger charge is -2.29. The predicted octanol–water partition coefficient (Wildman–Crippen LogP) is 3.05. The Morgan fingerprint density at radius 1 is 1.53 bits per heavy atom. The van der Waals surface area contributed by atoms with Gasteiger partial charge in [0.25, 0.3) is 0 Å². The molecule has 0 aromatic carbocycles. The highest BCUT2D eigenvalue weighted by Gasteiger charge is 2.14. The zero-order valence-electron chi connectivity index (χ0n) is 9.50. The number of halogens is 1. The fourth-order valence-corrected chi connectivity index (χ4v) is 1.93. The van der Waals surface area contributed by atoms with Gasteiger partial charge in [0, 0.05) is 23.3 Å². The van der Waals surface area contributed by atoms with Crippen molar-refractivity contribution in [2.45, 2.75) is 33.2 Å². The van der Waals surface area contributed by atoms with Crippen molar-refractivity contribution >= 4 is 27.4 Å². The second-order valence-corrected chi connectivity index (χ2v) is 4.53. The van der Waals surface area contributed by atoms with E-state index in [1.807, 2.05) is 6.07 Å². The van der Waals surface area contributed by atoms with E-state index in [-0.39, 0.29) is 0 Å². The Balaban J connectivity index is 3.01. The lowest BCUT2D eigenvalue weighted by molar-refractivity contribution is 0.624. The molecule has 0 radical (unpaired) electrons. The molecule has 0 spiro atoms. The minimum absolute atomic E-state index is 0.464. The van der Waals surface area contributed by atoms with Gasteiger partial charge in [0.15, 0.2) is 5.82 Å². The monoisotopic (exact) mass is 271 g/mol. The normalized spacial score (nSPS) is 12.5. The molecule has 0 aliphatic carbocycles. The van der Waals surface area contributed by atoms with E-state index in [0.717, 1.165) is 28.9 Å². The summed E-state index contributed by atoms with van der Waals surface area (Å²) in [6.45, 7) is 7.40. The number of aromatic nitrogens is 1. The predicted molar refractivity (Wildman–Crippen MR) is 69.1 cm³/mol. The van der Waals surface area contributed by atoms with E-state index in [1.165, 1.54) is 0 Å². The van der Waals surface area contributed by atoms with Crippen LogP contribution in [0.3, 0.4) is 0 Å². The van der Waals surface area contributed by atoms with Gasteiger partial charge in [-0.1, -0.05) is 6.92 Å². The Morgan fingerprint density at radius 3 is 2.67 bits per heavy atom. The summed E-state index contributed by atoms with van der Waals surface area (Å²) < 4.78 is 0.920. The first kappa shape index (κ1) is 12.3. The smallest absolute Gasteiger partial charge is 0.152 e. The zero-order chi connectivity index (χ0) is 11.4. The average Bonchev–Trinajstić information content (AvgIpc) is 2.21. The average molecular weight is 272 g/mol. The maximum absolute atomic E-state index is 5.96. The summed E-state index contributed by atoms with van der Waals surface area (Å²) in [5, 5.41) is 0. The first-order chi connectivity index (χ1) is 7.10. The molecule has 0 aliphatic heterocycles. The maximum atomic E-state index is 5.96. The maximum Gasteiger partial charge on any atom is 0.152 e. The van der Waals surface area contributed by atoms with E-state index in [1.54, 1.807) is 6.20 Å². The van der Waals surface area contributed by atoms with Crippen molar-refractivity contribution in [3.8, 4) is 0 Å². The molecule has 1 rings (SSSR count). The van der Waals surface area contributed by atoms with Crippen molar-refractivity contribution in [1.82, 2.24) is 4.98 Å². The first-order valence-corrected chi connectivity index (χ1v) is 6.07. The van der Waals surface area contributed by atoms with E-state index in [0.29, 0.717) is 6.04 Å². The molecule has 84 valence electrons. The van der Waals surface area contributed by atoms with E-state index < -0.39 is 0 Å². The number of nitrogen functional groups attached to an aromatic ring is 1. The number of anilines is 2. The molecule has 1 aromatic rings. The van der Waals surface area contributed by atoms with Crippen molar-refractivity contribution in [3.63, 3.8) is 0 Å². The Hall–Kier alpha value is -0.770. The second-order valence-electron chi connectivity index (χ2n) is 3.61. The van der Waals surface area contributed by atoms with E-state index >= 15 is 0 Å². The minimum atomic E-state index is 0.464. The Labute approximate surface area is 99.8 Å². The Kier molecular flexibility index (Phi) is 4.39. The van der Waals surface area contributed by atoms with Gasteiger partial charge in [-0.15, -0.1) is 0 Å². The molecule has 3 nitrogen and oxygen atoms in total. The molecule has 15 heavy (non-hydrogen) atoms. The van der Waals surface area contributed by atoms with Gasteiger partial charge < -0.3 is 10.6 Å². The number of rotatable bonds is 4. The van der Waals surface area contributed by atoms with Crippen LogP contribution in [-0.4, -0.2) is 17.6 Å². The molecule has 1 unspecified atom stereocenters. The van der Waals surface area contributed by atoms with Crippen molar-refractivity contribution in [2.24, 2.45) is 0 Å². The number of nitrogens with zero attached hydrogens (tertiary/aromatic N) is 2. The van der Waals surface area contributed by atoms with Crippen LogP contribution in [-0.2, 0) is 0 Å². The number of pyridine rings is 1. The van der Waals surface area contributed by atoms with Crippen LogP contribution in [0.1, 0.15) is 27.2 Å². The highest BCUT2D eigenvalue weighted by molar-refractivity contribution is 9.10. The fourth-order valence-electron chi connectivity index (χ4n) is 1.58. The van der Waals surface area contributed by atoms with Crippen molar-refractivity contribution in [1.29, 1.82) is 0 Å². The van der Waals surface area contributed by atoms with Crippen molar-refractivity contribution < 1.29 is 0 Å². The van der Waals surface area contributed by atoms with E-state index in [9.17, 15) is 0 Å². The summed E-state index contributed by atoms with van der Waals surface area (Å²) in [5.41, 5.74) is 6.68. The quantitative estimate of drug-likeness (QED) is 0.916. The second kappa shape index (κ2) is 5.35. The molecule has 0 saturated heterocycles. The third-order valence-corrected chi connectivity index (χ3v) is 3.03. The highest BCUT2D eigenvalue weighted by Crippen LogP contribution is 2.25. The van der Waals surface area contributed by atoms with Crippen LogP contribution in [0, 0.1) is 0 Å². The number of hydrogen-bond acceptors (Lipinski definition) is 3. The third kappa shape index (κ3) is 2.84. The molecule has 1 heterocycles. The van der Waals surface area contributed by atoms with Crippen LogP contribution in [0.2, 0.25) is 0 Å². The SMILES string of the molecule is CCC(C)N(CC)c1ncc(Br)cc1N. The zero-order valence-corrected chi connectivity index (χ0v) is 11.1. The summed E-state index contributed by atoms with van der Waals surface area (Å²) in [7, 11) is 0. The minimum Gasteiger partial charge on any atom is -0.396 e. The number of hydrogen-bond donors (Lipinski definition) is 1. The summed E-state index contributed by atoms with van der Waals surface area (Å²) >= 11 is 3.36. The lowest BCUT2D eigenvalue weighted by Crippen LogP contribution is -2.33. The number of nitrogens with two attached hydrogens (primary N) is 1. The third-order valence-electron chi connectivity index (χ3n) is 2.60. The van der Waals surface area contributed by atoms with Gasteiger partial charge in [-0.2, -0.15) is 0 Å². The van der Waals surface area contributed by atoms with E-state index in [4.69, 9.17) is 5.73 Å². The Bertz CT molecular complexity index is 328. The van der Waals surface area contributed by atoms with Crippen LogP contribution in [0.4, 0.5) is 11.5 Å². The van der Waals surface area contributed by atoms with Gasteiger partial charge >= 0.3 is 0 Å². The molecular formula is C11H18BrN3. The van der Waals surface area contributed by atoms with Crippen LogP contribution >= 0.6 is 15.9 Å². The fraction of sp³-hybridized carbons (Fsp3) is 0.545. The molecule has 0 amide bonds. The molecule has 1 aromatic heterocycles. The largest absolute Gasteiger partial charge is 0.396 e. The van der Waals surface area contributed by atoms with Crippen LogP contribution in [0.15, 0.2) is 16.7 Å². The summed E-state index contributed by atoms with van der Waals surface area (Å²) in [5.74, 6) is 0.884. The molecule has 0 bridgehead atoms. The lowest BCUT2D eigenvalue weighted by atomic mass is 10.2. The standard InChI is InChI=1S/C11H18BrN3/c1-4-8(3)15(5-2)11-10(13)6-9(12)7-14-11/h6-8H,4-5,13H2,1-3H3. The molecule has 0 saturated carbocycles. The van der Waals surface area contributed by atoms with Crippen LogP contribution < -0.4 is 10.6 Å². The first-order valence-electron chi connectivity index (χ1n) is 5.27. The molecule has 1 atom stereocenters. The van der Waals surface area contributed by atoms with Gasteiger partial charge in [-0.3, -0.25) is 0 Å². The molecule has 0 aliphatic rings. The molecule has 2 N–H and O–H groups in total. The highest BCUT2D eigenvalue weighted by atomic mass is 79.9. The summed E-state index contributed by atoms with van der Waals surface area (Å²) in [6.07, 6.45) is 2.88. The molecular weight excluding hydrogens is 254 g/mol. The van der Waals surface area contributed by atoms with Gasteiger partial charge in [0.05, 0.1) is 5.69 Å². The van der Waals surface area contributed by atoms with Gasteiger partial charge in [0.1, 0.15) is 0 Å². The van der Waals surface area contributed by atoms with Crippen molar-refractivity contribution in [3.05, 3.63) is 16.7 Å². The van der Waals surface area contributed by atoms with Gasteiger partial charge in [-0.05, 0) is 42.3 Å². The van der Waals surface area contributed by atoms with E-state index in [2.05, 4.69) is 46.6 Å². The van der Waals surface area contributed by atoms with Gasteiger partial charge in [-0.25, -0.2) is 4.98 Å².